The maximum absolute atomic E-state index is 13.9. The molecule has 3 amide bonds. The molecule has 0 saturated carbocycles. The molecule has 1 heterocycles. The fraction of sp³-hybridized carbons (Fsp3) is 0.500. The lowest BCUT2D eigenvalue weighted by molar-refractivity contribution is -0.146. The van der Waals surface area contributed by atoms with Gasteiger partial charge in [0.1, 0.15) is 6.04 Å². The molecule has 3 rings (SSSR count). The second kappa shape index (κ2) is 14.4. The van der Waals surface area contributed by atoms with E-state index in [-0.39, 0.29) is 18.9 Å². The molecule has 0 spiro atoms. The molecule has 2 atom stereocenters. The predicted molar refractivity (Wildman–Crippen MR) is 147 cm³/mol. The van der Waals surface area contributed by atoms with Gasteiger partial charge in [-0.05, 0) is 49.9 Å². The monoisotopic (exact) mass is 507 g/mol. The summed E-state index contributed by atoms with van der Waals surface area (Å²) in [5.74, 6) is -1.43. The van der Waals surface area contributed by atoms with E-state index in [9.17, 15) is 19.5 Å². The van der Waals surface area contributed by atoms with Crippen molar-refractivity contribution >= 4 is 29.3 Å². The summed E-state index contributed by atoms with van der Waals surface area (Å²) in [6, 6.07) is 17.0. The summed E-state index contributed by atoms with van der Waals surface area (Å²) < 4.78 is 0. The van der Waals surface area contributed by atoms with Crippen LogP contribution in [0.2, 0.25) is 0 Å². The highest BCUT2D eigenvalue weighted by atomic mass is 16.4. The van der Waals surface area contributed by atoms with Gasteiger partial charge in [0.05, 0.1) is 11.4 Å². The zero-order valence-electron chi connectivity index (χ0n) is 22.2. The Morgan fingerprint density at radius 1 is 0.838 bits per heavy atom. The first-order chi connectivity index (χ1) is 18.0. The molecule has 1 fully saturated rings. The van der Waals surface area contributed by atoms with Crippen LogP contribution in [0.25, 0.3) is 0 Å². The Morgan fingerprint density at radius 3 is 1.81 bits per heavy atom. The zero-order chi connectivity index (χ0) is 26.6. The van der Waals surface area contributed by atoms with Gasteiger partial charge in [0.25, 0.3) is 0 Å². The Kier molecular flexibility index (Phi) is 11.0. The maximum atomic E-state index is 13.9. The summed E-state index contributed by atoms with van der Waals surface area (Å²) in [5, 5.41) is 10.1. The molecule has 1 aliphatic heterocycles. The lowest BCUT2D eigenvalue weighted by Crippen LogP contribution is -2.55. The normalized spacial score (nSPS) is 17.3. The van der Waals surface area contributed by atoms with Gasteiger partial charge in [-0.1, -0.05) is 75.9 Å². The minimum Gasteiger partial charge on any atom is -0.480 e. The second-order valence-electron chi connectivity index (χ2n) is 9.80. The van der Waals surface area contributed by atoms with Gasteiger partial charge in [0.15, 0.2) is 0 Å². The van der Waals surface area contributed by atoms with Crippen molar-refractivity contribution in [3.8, 4) is 0 Å². The molecule has 7 heteroatoms. The number of hydrogen-bond donors (Lipinski definition) is 1. The van der Waals surface area contributed by atoms with Crippen molar-refractivity contribution in [2.24, 2.45) is 5.92 Å². The largest absolute Gasteiger partial charge is 0.480 e. The summed E-state index contributed by atoms with van der Waals surface area (Å²) in [5.41, 5.74) is 1.33. The Bertz CT molecular complexity index is 949. The zero-order valence-corrected chi connectivity index (χ0v) is 22.2. The molecule has 0 bridgehead atoms. The molecule has 0 unspecified atom stereocenters. The molecule has 1 saturated heterocycles. The number of anilines is 2. The van der Waals surface area contributed by atoms with E-state index in [1.807, 2.05) is 65.6 Å². The fourth-order valence-corrected chi connectivity index (χ4v) is 5.00. The molecular weight excluding hydrogens is 466 g/mol. The number of nitrogens with zero attached hydrogens (tertiary/aromatic N) is 3. The van der Waals surface area contributed by atoms with Gasteiger partial charge in [-0.3, -0.25) is 9.69 Å². The van der Waals surface area contributed by atoms with E-state index < -0.39 is 24.0 Å². The average molecular weight is 508 g/mol. The summed E-state index contributed by atoms with van der Waals surface area (Å²) in [4.78, 5) is 44.7. The third-order valence-corrected chi connectivity index (χ3v) is 7.08. The van der Waals surface area contributed by atoms with Crippen LogP contribution in [0, 0.1) is 5.92 Å². The Hall–Kier alpha value is -3.35. The number of rotatable bonds is 12. The molecule has 7 nitrogen and oxygen atoms in total. The molecule has 1 N–H and O–H groups in total. The van der Waals surface area contributed by atoms with Gasteiger partial charge in [-0.25, -0.2) is 9.59 Å². The number of piperidine rings is 1. The van der Waals surface area contributed by atoms with E-state index in [4.69, 9.17) is 0 Å². The first kappa shape index (κ1) is 28.2. The number of benzene rings is 2. The topological polar surface area (TPSA) is 81.2 Å². The van der Waals surface area contributed by atoms with Crippen LogP contribution in [0.4, 0.5) is 16.2 Å². The molecule has 2 aromatic carbocycles. The van der Waals surface area contributed by atoms with E-state index >= 15 is 0 Å². The molecule has 0 radical (unpaired) electrons. The van der Waals surface area contributed by atoms with Crippen molar-refractivity contribution in [2.45, 2.75) is 71.3 Å². The van der Waals surface area contributed by atoms with Crippen LogP contribution in [-0.2, 0) is 9.59 Å². The van der Waals surface area contributed by atoms with E-state index in [1.165, 1.54) is 4.90 Å². The van der Waals surface area contributed by atoms with Crippen molar-refractivity contribution in [3.63, 3.8) is 0 Å². The number of hydrogen-bond acceptors (Lipinski definition) is 3. The highest BCUT2D eigenvalue weighted by Crippen LogP contribution is 2.31. The van der Waals surface area contributed by atoms with E-state index in [0.717, 1.165) is 38.5 Å². The summed E-state index contributed by atoms with van der Waals surface area (Å²) in [6.07, 6.45) is 6.80. The SMILES string of the molecule is CCCCCN(CCCCC)C(=O)[C@H]1CCN(C(=O)N(c2ccccc2)c2ccccc2)[C@H](C(=O)O)C1. The first-order valence-corrected chi connectivity index (χ1v) is 13.7. The van der Waals surface area contributed by atoms with Gasteiger partial charge < -0.3 is 14.9 Å². The van der Waals surface area contributed by atoms with E-state index in [2.05, 4.69) is 13.8 Å². The Morgan fingerprint density at radius 2 is 1.35 bits per heavy atom. The third-order valence-electron chi connectivity index (χ3n) is 7.08. The minimum absolute atomic E-state index is 0.0357. The highest BCUT2D eigenvalue weighted by molar-refractivity contribution is 6.01. The number of carboxylic acid groups (broad SMARTS) is 1. The van der Waals surface area contributed by atoms with E-state index in [0.29, 0.717) is 30.9 Å². The van der Waals surface area contributed by atoms with E-state index in [1.54, 1.807) is 4.90 Å². The molecule has 0 aromatic heterocycles. The van der Waals surface area contributed by atoms with Crippen LogP contribution >= 0.6 is 0 Å². The van der Waals surface area contributed by atoms with Gasteiger partial charge >= 0.3 is 12.0 Å². The first-order valence-electron chi connectivity index (χ1n) is 13.7. The van der Waals surface area contributed by atoms with Crippen LogP contribution in [0.15, 0.2) is 60.7 Å². The fourth-order valence-electron chi connectivity index (χ4n) is 5.00. The van der Waals surface area contributed by atoms with Crippen molar-refractivity contribution in [2.75, 3.05) is 24.5 Å². The molecular formula is C30H41N3O4. The van der Waals surface area contributed by atoms with Crippen molar-refractivity contribution in [3.05, 3.63) is 60.7 Å². The number of urea groups is 1. The number of carbonyl (C=O) groups is 3. The van der Waals surface area contributed by atoms with Crippen molar-refractivity contribution in [1.82, 2.24) is 9.80 Å². The maximum Gasteiger partial charge on any atom is 0.329 e. The summed E-state index contributed by atoms with van der Waals surface area (Å²) >= 11 is 0. The van der Waals surface area contributed by atoms with Crippen LogP contribution in [-0.4, -0.2) is 58.5 Å². The predicted octanol–water partition coefficient (Wildman–Crippen LogP) is 6.32. The average Bonchev–Trinajstić information content (AvgIpc) is 2.93. The van der Waals surface area contributed by atoms with Crippen LogP contribution < -0.4 is 4.90 Å². The molecule has 1 aliphatic rings. The Balaban J connectivity index is 1.80. The second-order valence-corrected chi connectivity index (χ2v) is 9.80. The lowest BCUT2D eigenvalue weighted by atomic mass is 9.89. The molecule has 0 aliphatic carbocycles. The smallest absolute Gasteiger partial charge is 0.329 e. The summed E-state index contributed by atoms with van der Waals surface area (Å²) in [7, 11) is 0. The Labute approximate surface area is 221 Å². The van der Waals surface area contributed by atoms with Crippen LogP contribution in [0.3, 0.4) is 0 Å². The number of carbonyl (C=O) groups excluding carboxylic acids is 2. The highest BCUT2D eigenvalue weighted by Gasteiger charge is 2.41. The summed E-state index contributed by atoms with van der Waals surface area (Å²) in [6.45, 7) is 5.93. The number of para-hydroxylation sites is 2. The minimum atomic E-state index is -1.07. The van der Waals surface area contributed by atoms with Gasteiger partial charge in [0, 0.05) is 25.6 Å². The van der Waals surface area contributed by atoms with Crippen LogP contribution in [0.5, 0.6) is 0 Å². The number of carboxylic acids is 1. The van der Waals surface area contributed by atoms with Gasteiger partial charge in [-0.2, -0.15) is 0 Å². The molecule has 37 heavy (non-hydrogen) atoms. The lowest BCUT2D eigenvalue weighted by Gasteiger charge is -2.40. The number of amides is 3. The van der Waals surface area contributed by atoms with Crippen molar-refractivity contribution < 1.29 is 19.5 Å². The standard InChI is InChI=1S/C30H41N3O4/c1-3-5-13-20-31(21-14-6-4-2)28(34)24-19-22-32(27(23-24)29(35)36)30(37)33(25-15-9-7-10-16-25)26-17-11-8-12-18-26/h7-12,15-18,24,27H,3-6,13-14,19-23H2,1-2H3,(H,35,36)/t24-,27-/m0/s1. The van der Waals surface area contributed by atoms with Gasteiger partial charge in [0.2, 0.25) is 5.91 Å². The molecule has 200 valence electrons. The van der Waals surface area contributed by atoms with Crippen molar-refractivity contribution in [1.29, 1.82) is 0 Å². The number of aliphatic carboxylic acids is 1. The number of likely N-dealkylation sites (tertiary alicyclic amines) is 1. The number of unbranched alkanes of at least 4 members (excludes halogenated alkanes) is 4. The third kappa shape index (κ3) is 7.57. The quantitative estimate of drug-likeness (QED) is 0.341. The van der Waals surface area contributed by atoms with Gasteiger partial charge in [-0.15, -0.1) is 0 Å². The van der Waals surface area contributed by atoms with Crippen LogP contribution in [0.1, 0.15) is 65.2 Å². The molecule has 2 aromatic rings.